The van der Waals surface area contributed by atoms with Gasteiger partial charge in [-0.2, -0.15) is 17.0 Å². The van der Waals surface area contributed by atoms with Crippen molar-refractivity contribution < 1.29 is 9.90 Å². The predicted molar refractivity (Wildman–Crippen MR) is 51.5 cm³/mol. The molecule has 1 saturated carbocycles. The van der Waals surface area contributed by atoms with E-state index in [-0.39, 0.29) is 11.8 Å². The molecule has 0 spiro atoms. The first-order valence-electron chi connectivity index (χ1n) is 4.35. The number of thioether (sulfide) groups is 1. The first-order valence-corrected chi connectivity index (χ1v) is 5.50. The van der Waals surface area contributed by atoms with Crippen molar-refractivity contribution in [3.63, 3.8) is 0 Å². The Morgan fingerprint density at radius 2 is 2.31 bits per heavy atom. The molecule has 0 unspecified atom stereocenters. The smallest absolute Gasteiger partial charge is 0.304 e. The summed E-state index contributed by atoms with van der Waals surface area (Å²) in [5.74, 6) is 0.883. The fourth-order valence-corrected chi connectivity index (χ4v) is 2.45. The number of hydrogen-bond acceptors (Lipinski definition) is 3. The Hall–Kier alpha value is -0.690. The maximum atomic E-state index is 10.2. The lowest BCUT2D eigenvalue weighted by Crippen LogP contribution is -2.04. The highest BCUT2D eigenvalue weighted by Gasteiger charge is 2.41. The van der Waals surface area contributed by atoms with Crippen molar-refractivity contribution >= 4 is 17.7 Å². The van der Waals surface area contributed by atoms with E-state index in [1.807, 2.05) is 0 Å². The number of hydrogen-bond donors (Lipinski definition) is 1. The van der Waals surface area contributed by atoms with Gasteiger partial charge in [-0.15, -0.1) is 0 Å². The number of rotatable bonds is 6. The van der Waals surface area contributed by atoms with Gasteiger partial charge in [-0.1, -0.05) is 0 Å². The predicted octanol–water partition coefficient (Wildman–Crippen LogP) is 1.89. The van der Waals surface area contributed by atoms with Gasteiger partial charge in [-0.3, -0.25) is 4.79 Å². The van der Waals surface area contributed by atoms with Crippen molar-refractivity contribution in [2.45, 2.75) is 25.7 Å². The van der Waals surface area contributed by atoms with Crippen LogP contribution in [0.4, 0.5) is 0 Å². The van der Waals surface area contributed by atoms with Gasteiger partial charge in [0.15, 0.2) is 0 Å². The van der Waals surface area contributed by atoms with Crippen molar-refractivity contribution in [3.8, 4) is 6.07 Å². The van der Waals surface area contributed by atoms with Crippen LogP contribution in [0, 0.1) is 16.7 Å². The summed E-state index contributed by atoms with van der Waals surface area (Å²) in [4.78, 5) is 10.2. The standard InChI is InChI=1S/C9H13NO2S/c10-5-4-9(2-3-9)7-13-6-1-8(11)12/h1-4,6-7H2,(H,11,12). The maximum absolute atomic E-state index is 10.2. The van der Waals surface area contributed by atoms with Crippen molar-refractivity contribution in [3.05, 3.63) is 0 Å². The molecular formula is C9H13NO2S. The number of carboxylic acids is 1. The summed E-state index contributed by atoms with van der Waals surface area (Å²) in [5.41, 5.74) is 0.248. The maximum Gasteiger partial charge on any atom is 0.304 e. The molecule has 0 aliphatic heterocycles. The molecule has 0 amide bonds. The Bertz CT molecular complexity index is 230. The Labute approximate surface area is 82.1 Å². The summed E-state index contributed by atoms with van der Waals surface area (Å²) in [7, 11) is 0. The Morgan fingerprint density at radius 3 is 2.77 bits per heavy atom. The highest BCUT2D eigenvalue weighted by molar-refractivity contribution is 7.99. The summed E-state index contributed by atoms with van der Waals surface area (Å²) in [6.45, 7) is 0. The molecule has 72 valence electrons. The van der Waals surface area contributed by atoms with Gasteiger partial charge in [0, 0.05) is 12.2 Å². The Morgan fingerprint density at radius 1 is 1.62 bits per heavy atom. The summed E-state index contributed by atoms with van der Waals surface area (Å²) < 4.78 is 0. The number of carboxylic acid groups (broad SMARTS) is 1. The zero-order valence-electron chi connectivity index (χ0n) is 7.45. The van der Waals surface area contributed by atoms with Crippen LogP contribution in [-0.2, 0) is 4.79 Å². The van der Waals surface area contributed by atoms with E-state index in [1.54, 1.807) is 11.8 Å². The third-order valence-corrected chi connectivity index (χ3v) is 3.59. The topological polar surface area (TPSA) is 61.1 Å². The zero-order valence-corrected chi connectivity index (χ0v) is 8.27. The van der Waals surface area contributed by atoms with Crippen LogP contribution in [0.25, 0.3) is 0 Å². The molecule has 1 N–H and O–H groups in total. The monoisotopic (exact) mass is 199 g/mol. The van der Waals surface area contributed by atoms with Crippen LogP contribution < -0.4 is 0 Å². The van der Waals surface area contributed by atoms with E-state index in [4.69, 9.17) is 10.4 Å². The van der Waals surface area contributed by atoms with Crippen LogP contribution in [0.2, 0.25) is 0 Å². The molecule has 0 atom stereocenters. The Balaban J connectivity index is 2.06. The minimum absolute atomic E-state index is 0.229. The second-order valence-corrected chi connectivity index (χ2v) is 4.64. The van der Waals surface area contributed by atoms with Crippen molar-refractivity contribution in [1.29, 1.82) is 5.26 Å². The van der Waals surface area contributed by atoms with E-state index in [0.717, 1.165) is 18.6 Å². The zero-order chi connectivity index (χ0) is 9.73. The van der Waals surface area contributed by atoms with E-state index in [0.29, 0.717) is 12.2 Å². The molecular weight excluding hydrogens is 186 g/mol. The van der Waals surface area contributed by atoms with Gasteiger partial charge < -0.3 is 5.11 Å². The fraction of sp³-hybridized carbons (Fsp3) is 0.778. The van der Waals surface area contributed by atoms with E-state index in [2.05, 4.69) is 6.07 Å². The van der Waals surface area contributed by atoms with Crippen LogP contribution in [0.3, 0.4) is 0 Å². The van der Waals surface area contributed by atoms with E-state index in [9.17, 15) is 4.79 Å². The largest absolute Gasteiger partial charge is 0.481 e. The number of nitrogens with zero attached hydrogens (tertiary/aromatic N) is 1. The van der Waals surface area contributed by atoms with E-state index in [1.165, 1.54) is 0 Å². The van der Waals surface area contributed by atoms with Crippen LogP contribution in [0.15, 0.2) is 0 Å². The van der Waals surface area contributed by atoms with Crippen molar-refractivity contribution in [1.82, 2.24) is 0 Å². The van der Waals surface area contributed by atoms with Crippen molar-refractivity contribution in [2.75, 3.05) is 11.5 Å². The SMILES string of the molecule is N#CCC1(CSCCC(=O)O)CC1. The summed E-state index contributed by atoms with van der Waals surface area (Å²) in [5, 5.41) is 16.9. The molecule has 0 aromatic carbocycles. The molecule has 0 aromatic heterocycles. The van der Waals surface area contributed by atoms with Crippen LogP contribution >= 0.6 is 11.8 Å². The van der Waals surface area contributed by atoms with Crippen LogP contribution in [0.5, 0.6) is 0 Å². The summed E-state index contributed by atoms with van der Waals surface area (Å²) >= 11 is 1.66. The lowest BCUT2D eigenvalue weighted by atomic mass is 10.1. The molecule has 0 heterocycles. The van der Waals surface area contributed by atoms with Crippen LogP contribution in [0.1, 0.15) is 25.7 Å². The third-order valence-electron chi connectivity index (χ3n) is 2.28. The summed E-state index contributed by atoms with van der Waals surface area (Å²) in [6.07, 6.45) is 3.14. The lowest BCUT2D eigenvalue weighted by molar-refractivity contribution is -0.136. The molecule has 1 rings (SSSR count). The first-order chi connectivity index (χ1) is 6.18. The Kier molecular flexibility index (Phi) is 3.61. The second-order valence-electron chi connectivity index (χ2n) is 3.53. The minimum atomic E-state index is -0.738. The lowest BCUT2D eigenvalue weighted by Gasteiger charge is -2.08. The molecule has 1 fully saturated rings. The fourth-order valence-electron chi connectivity index (χ4n) is 1.16. The van der Waals surface area contributed by atoms with Crippen molar-refractivity contribution in [2.24, 2.45) is 5.41 Å². The normalized spacial score (nSPS) is 17.8. The summed E-state index contributed by atoms with van der Waals surface area (Å²) in [6, 6.07) is 2.19. The third kappa shape index (κ3) is 3.69. The highest BCUT2D eigenvalue weighted by atomic mass is 32.2. The first kappa shape index (κ1) is 10.4. The average Bonchev–Trinajstić information content (AvgIpc) is 2.80. The quantitative estimate of drug-likeness (QED) is 0.663. The van der Waals surface area contributed by atoms with E-state index < -0.39 is 5.97 Å². The number of aliphatic carboxylic acids is 1. The number of nitriles is 1. The molecule has 1 aliphatic carbocycles. The second kappa shape index (κ2) is 4.52. The number of carbonyl (C=O) groups is 1. The van der Waals surface area contributed by atoms with Gasteiger partial charge in [0.2, 0.25) is 0 Å². The van der Waals surface area contributed by atoms with Gasteiger partial charge in [-0.25, -0.2) is 0 Å². The van der Waals surface area contributed by atoms with Gasteiger partial charge in [0.1, 0.15) is 0 Å². The molecule has 4 heteroatoms. The molecule has 3 nitrogen and oxygen atoms in total. The minimum Gasteiger partial charge on any atom is -0.481 e. The molecule has 13 heavy (non-hydrogen) atoms. The van der Waals surface area contributed by atoms with Gasteiger partial charge in [0.25, 0.3) is 0 Å². The highest BCUT2D eigenvalue weighted by Crippen LogP contribution is 2.50. The molecule has 0 aromatic rings. The van der Waals surface area contributed by atoms with Crippen LogP contribution in [-0.4, -0.2) is 22.6 Å². The molecule has 0 radical (unpaired) electrons. The van der Waals surface area contributed by atoms with Gasteiger partial charge in [0.05, 0.1) is 12.5 Å². The van der Waals surface area contributed by atoms with Gasteiger partial charge in [-0.05, 0) is 24.0 Å². The van der Waals surface area contributed by atoms with E-state index >= 15 is 0 Å². The molecule has 0 saturated heterocycles. The van der Waals surface area contributed by atoms with Gasteiger partial charge >= 0.3 is 5.97 Å². The molecule has 1 aliphatic rings. The average molecular weight is 199 g/mol. The molecule has 0 bridgehead atoms.